The van der Waals surface area contributed by atoms with Crippen molar-refractivity contribution in [1.82, 2.24) is 19.8 Å². The fraction of sp³-hybridized carbons (Fsp3) is 0.450. The van der Waals surface area contributed by atoms with Gasteiger partial charge in [-0.25, -0.2) is 14.8 Å². The van der Waals surface area contributed by atoms with E-state index in [0.29, 0.717) is 26.3 Å². The first-order chi connectivity index (χ1) is 13.1. The van der Waals surface area contributed by atoms with Crippen LogP contribution in [0.1, 0.15) is 11.3 Å². The lowest BCUT2D eigenvalue weighted by Gasteiger charge is -2.35. The van der Waals surface area contributed by atoms with Crippen molar-refractivity contribution in [2.75, 3.05) is 51.8 Å². The maximum atomic E-state index is 12.5. The van der Waals surface area contributed by atoms with Crippen LogP contribution in [-0.4, -0.2) is 72.7 Å². The molecule has 1 fully saturated rings. The summed E-state index contributed by atoms with van der Waals surface area (Å²) in [5, 5.41) is 0. The van der Waals surface area contributed by atoms with Crippen molar-refractivity contribution >= 4 is 11.8 Å². The first kappa shape index (κ1) is 17.7. The van der Waals surface area contributed by atoms with Crippen molar-refractivity contribution < 1.29 is 9.53 Å². The molecule has 1 saturated heterocycles. The number of anilines is 1. The van der Waals surface area contributed by atoms with E-state index >= 15 is 0 Å². The number of fused-ring (bicyclic) bond motifs is 1. The van der Waals surface area contributed by atoms with E-state index in [2.05, 4.69) is 4.90 Å². The number of hydrogen-bond acceptors (Lipinski definition) is 5. The second-order valence-electron chi connectivity index (χ2n) is 7.11. The van der Waals surface area contributed by atoms with Gasteiger partial charge in [-0.1, -0.05) is 30.3 Å². The third kappa shape index (κ3) is 3.60. The summed E-state index contributed by atoms with van der Waals surface area (Å²) in [5.41, 5.74) is 3.13. The number of aromatic nitrogens is 2. The molecule has 1 aromatic heterocycles. The maximum Gasteiger partial charge on any atom is 0.319 e. The van der Waals surface area contributed by atoms with Crippen molar-refractivity contribution in [3.8, 4) is 11.4 Å². The van der Waals surface area contributed by atoms with E-state index in [1.54, 1.807) is 19.0 Å². The highest BCUT2D eigenvalue weighted by atomic mass is 16.5. The van der Waals surface area contributed by atoms with Gasteiger partial charge in [0, 0.05) is 51.3 Å². The summed E-state index contributed by atoms with van der Waals surface area (Å²) in [4.78, 5) is 28.0. The zero-order valence-electron chi connectivity index (χ0n) is 15.9. The standard InChI is InChI=1S/C20H25N5O2/c1-23(2)20(26)25-9-8-17-16(14-25)19(24-10-12-27-13-11-24)22-18(21-17)15-6-4-3-5-7-15/h3-7H,8-14H2,1-2H3. The number of amides is 2. The van der Waals surface area contributed by atoms with Crippen molar-refractivity contribution in [2.45, 2.75) is 13.0 Å². The molecule has 0 saturated carbocycles. The van der Waals surface area contributed by atoms with E-state index in [1.807, 2.05) is 35.2 Å². The largest absolute Gasteiger partial charge is 0.378 e. The van der Waals surface area contributed by atoms with Gasteiger partial charge in [0.15, 0.2) is 5.82 Å². The van der Waals surface area contributed by atoms with Crippen LogP contribution >= 0.6 is 0 Å². The molecule has 2 aromatic rings. The number of ether oxygens (including phenoxy) is 1. The highest BCUT2D eigenvalue weighted by Gasteiger charge is 2.29. The Balaban J connectivity index is 1.75. The minimum absolute atomic E-state index is 0.0284. The Hall–Kier alpha value is -2.67. The van der Waals surface area contributed by atoms with Gasteiger partial charge in [0.05, 0.1) is 25.5 Å². The Kier molecular flexibility index (Phi) is 4.94. The Morgan fingerprint density at radius 2 is 1.81 bits per heavy atom. The van der Waals surface area contributed by atoms with Gasteiger partial charge in [0.1, 0.15) is 5.82 Å². The molecule has 0 N–H and O–H groups in total. The number of hydrogen-bond donors (Lipinski definition) is 0. The quantitative estimate of drug-likeness (QED) is 0.813. The molecular formula is C20H25N5O2. The van der Waals surface area contributed by atoms with Gasteiger partial charge in [-0.05, 0) is 0 Å². The molecule has 0 aliphatic carbocycles. The molecule has 4 rings (SSSR count). The lowest BCUT2D eigenvalue weighted by atomic mass is 10.0. The van der Waals surface area contributed by atoms with Crippen LogP contribution < -0.4 is 4.90 Å². The molecule has 142 valence electrons. The van der Waals surface area contributed by atoms with Crippen LogP contribution in [0.25, 0.3) is 11.4 Å². The highest BCUT2D eigenvalue weighted by Crippen LogP contribution is 2.30. The summed E-state index contributed by atoms with van der Waals surface area (Å²) in [7, 11) is 3.57. The SMILES string of the molecule is CN(C)C(=O)N1CCc2nc(-c3ccccc3)nc(N3CCOCC3)c2C1. The molecule has 7 nitrogen and oxygen atoms in total. The van der Waals surface area contributed by atoms with Gasteiger partial charge in [-0.2, -0.15) is 0 Å². The molecular weight excluding hydrogens is 342 g/mol. The Labute approximate surface area is 159 Å². The first-order valence-electron chi connectivity index (χ1n) is 9.37. The highest BCUT2D eigenvalue weighted by molar-refractivity contribution is 5.74. The van der Waals surface area contributed by atoms with Gasteiger partial charge >= 0.3 is 6.03 Å². The van der Waals surface area contributed by atoms with Crippen LogP contribution in [0.2, 0.25) is 0 Å². The van der Waals surface area contributed by atoms with E-state index in [1.165, 1.54) is 0 Å². The van der Waals surface area contributed by atoms with E-state index < -0.39 is 0 Å². The molecule has 0 unspecified atom stereocenters. The molecule has 2 aliphatic heterocycles. The summed E-state index contributed by atoms with van der Waals surface area (Å²) in [6.45, 7) is 4.23. The summed E-state index contributed by atoms with van der Waals surface area (Å²) in [5.74, 6) is 1.70. The number of morpholine rings is 1. The van der Waals surface area contributed by atoms with Gasteiger partial charge in [-0.3, -0.25) is 0 Å². The summed E-state index contributed by atoms with van der Waals surface area (Å²) in [6, 6.07) is 10.1. The normalized spacial score (nSPS) is 16.8. The summed E-state index contributed by atoms with van der Waals surface area (Å²) < 4.78 is 5.51. The Bertz CT molecular complexity index is 819. The average molecular weight is 367 g/mol. The molecule has 2 amide bonds. The Morgan fingerprint density at radius 1 is 1.07 bits per heavy atom. The van der Waals surface area contributed by atoms with Crippen molar-refractivity contribution in [3.63, 3.8) is 0 Å². The summed E-state index contributed by atoms with van der Waals surface area (Å²) in [6.07, 6.45) is 0.745. The zero-order chi connectivity index (χ0) is 18.8. The molecule has 2 aliphatic rings. The fourth-order valence-electron chi connectivity index (χ4n) is 3.60. The fourth-order valence-corrected chi connectivity index (χ4v) is 3.60. The summed E-state index contributed by atoms with van der Waals surface area (Å²) >= 11 is 0. The van der Waals surface area contributed by atoms with E-state index in [0.717, 1.165) is 48.0 Å². The molecule has 7 heteroatoms. The number of nitrogens with zero attached hydrogens (tertiary/aromatic N) is 5. The predicted octanol–water partition coefficient (Wildman–Crippen LogP) is 2.02. The van der Waals surface area contributed by atoms with Gasteiger partial charge < -0.3 is 19.4 Å². The van der Waals surface area contributed by atoms with Gasteiger partial charge in [0.25, 0.3) is 0 Å². The van der Waals surface area contributed by atoms with E-state index in [-0.39, 0.29) is 6.03 Å². The lowest BCUT2D eigenvalue weighted by Crippen LogP contribution is -2.44. The minimum Gasteiger partial charge on any atom is -0.378 e. The maximum absolute atomic E-state index is 12.5. The monoisotopic (exact) mass is 367 g/mol. The van der Waals surface area contributed by atoms with Crippen molar-refractivity contribution in [2.24, 2.45) is 0 Å². The predicted molar refractivity (Wildman–Crippen MR) is 104 cm³/mol. The van der Waals surface area contributed by atoms with E-state index in [9.17, 15) is 4.79 Å². The third-order valence-electron chi connectivity index (χ3n) is 5.03. The topological polar surface area (TPSA) is 61.8 Å². The van der Waals surface area contributed by atoms with Gasteiger partial charge in [0.2, 0.25) is 0 Å². The number of benzene rings is 1. The molecule has 0 bridgehead atoms. The number of carbonyl (C=O) groups excluding carboxylic acids is 1. The average Bonchev–Trinajstić information content (AvgIpc) is 2.73. The van der Waals surface area contributed by atoms with Crippen molar-refractivity contribution in [1.29, 1.82) is 0 Å². The lowest BCUT2D eigenvalue weighted by molar-refractivity contribution is 0.122. The number of rotatable bonds is 2. The van der Waals surface area contributed by atoms with Gasteiger partial charge in [-0.15, -0.1) is 0 Å². The molecule has 0 atom stereocenters. The number of urea groups is 1. The molecule has 27 heavy (non-hydrogen) atoms. The molecule has 3 heterocycles. The van der Waals surface area contributed by atoms with Crippen LogP contribution in [0.3, 0.4) is 0 Å². The molecule has 1 aromatic carbocycles. The van der Waals surface area contributed by atoms with Crippen LogP contribution in [0.15, 0.2) is 30.3 Å². The number of carbonyl (C=O) groups is 1. The van der Waals surface area contributed by atoms with Crippen LogP contribution in [0.4, 0.5) is 10.6 Å². The van der Waals surface area contributed by atoms with Crippen LogP contribution in [0, 0.1) is 0 Å². The third-order valence-corrected chi connectivity index (χ3v) is 5.03. The zero-order valence-corrected chi connectivity index (χ0v) is 15.9. The van der Waals surface area contributed by atoms with Crippen LogP contribution in [0.5, 0.6) is 0 Å². The second kappa shape index (κ2) is 7.52. The van der Waals surface area contributed by atoms with Crippen LogP contribution in [-0.2, 0) is 17.7 Å². The smallest absolute Gasteiger partial charge is 0.319 e. The first-order valence-corrected chi connectivity index (χ1v) is 9.37. The molecule has 0 radical (unpaired) electrons. The van der Waals surface area contributed by atoms with E-state index in [4.69, 9.17) is 14.7 Å². The second-order valence-corrected chi connectivity index (χ2v) is 7.11. The molecule has 0 spiro atoms. The van der Waals surface area contributed by atoms with Crippen molar-refractivity contribution in [3.05, 3.63) is 41.6 Å². The Morgan fingerprint density at radius 3 is 2.52 bits per heavy atom. The minimum atomic E-state index is 0.0284.